The van der Waals surface area contributed by atoms with E-state index in [1.807, 2.05) is 17.9 Å². The Hall–Kier alpha value is -1.67. The lowest BCUT2D eigenvalue weighted by atomic mass is 9.89. The first-order valence-corrected chi connectivity index (χ1v) is 5.84. The molecule has 0 amide bonds. The second kappa shape index (κ2) is 3.41. The van der Waals surface area contributed by atoms with Crippen LogP contribution in [-0.4, -0.2) is 33.8 Å². The first kappa shape index (κ1) is 10.5. The Morgan fingerprint density at radius 2 is 2.18 bits per heavy atom. The molecule has 1 saturated heterocycles. The van der Waals surface area contributed by atoms with Crippen molar-refractivity contribution >= 4 is 5.95 Å². The van der Waals surface area contributed by atoms with Crippen molar-refractivity contribution < 1.29 is 5.11 Å². The summed E-state index contributed by atoms with van der Waals surface area (Å²) in [6.45, 7) is 3.02. The molecule has 1 aromatic heterocycles. The third-order valence-electron chi connectivity index (χ3n) is 3.51. The quantitative estimate of drug-likeness (QED) is 0.806. The van der Waals surface area contributed by atoms with Crippen molar-refractivity contribution in [2.75, 3.05) is 18.0 Å². The molecule has 0 unspecified atom stereocenters. The lowest BCUT2D eigenvalue weighted by Crippen LogP contribution is -2.63. The van der Waals surface area contributed by atoms with Gasteiger partial charge in [-0.1, -0.05) is 0 Å². The highest BCUT2D eigenvalue weighted by atomic mass is 16.3. The monoisotopic (exact) mass is 230 g/mol. The highest BCUT2D eigenvalue weighted by Crippen LogP contribution is 2.45. The molecule has 5 heteroatoms. The summed E-state index contributed by atoms with van der Waals surface area (Å²) in [6, 6.07) is 3.69. The number of rotatable bonds is 2. The number of aromatic nitrogens is 2. The van der Waals surface area contributed by atoms with Crippen molar-refractivity contribution in [3.63, 3.8) is 0 Å². The molecule has 1 aliphatic carbocycles. The van der Waals surface area contributed by atoms with Crippen LogP contribution >= 0.6 is 0 Å². The molecule has 0 spiro atoms. The normalized spacial score (nSPS) is 21.8. The van der Waals surface area contributed by atoms with Gasteiger partial charge < -0.3 is 10.0 Å². The van der Waals surface area contributed by atoms with E-state index in [1.165, 1.54) is 0 Å². The average molecular weight is 230 g/mol. The molecule has 0 bridgehead atoms. The Balaban J connectivity index is 1.78. The average Bonchev–Trinajstić information content (AvgIpc) is 3.07. The maximum absolute atomic E-state index is 10.2. The number of aliphatic hydroxyl groups is 1. The van der Waals surface area contributed by atoms with E-state index in [0.717, 1.165) is 18.5 Å². The van der Waals surface area contributed by atoms with Gasteiger partial charge in [0.05, 0.1) is 13.1 Å². The van der Waals surface area contributed by atoms with Crippen LogP contribution in [0, 0.1) is 24.2 Å². The van der Waals surface area contributed by atoms with Crippen LogP contribution < -0.4 is 4.90 Å². The van der Waals surface area contributed by atoms with Crippen LogP contribution in [0.25, 0.3) is 0 Å². The number of hydrogen-bond donors (Lipinski definition) is 1. The molecule has 1 saturated carbocycles. The number of hydrogen-bond acceptors (Lipinski definition) is 5. The van der Waals surface area contributed by atoms with E-state index in [9.17, 15) is 5.11 Å². The van der Waals surface area contributed by atoms with Crippen molar-refractivity contribution in [1.29, 1.82) is 5.26 Å². The van der Waals surface area contributed by atoms with Gasteiger partial charge in [-0.15, -0.1) is 0 Å². The first-order valence-electron chi connectivity index (χ1n) is 5.84. The smallest absolute Gasteiger partial charge is 0.227 e. The molecule has 2 heterocycles. The van der Waals surface area contributed by atoms with E-state index >= 15 is 0 Å². The lowest BCUT2D eigenvalue weighted by molar-refractivity contribution is -0.0102. The van der Waals surface area contributed by atoms with Crippen LogP contribution in [-0.2, 0) is 0 Å². The fourth-order valence-electron chi connectivity index (χ4n) is 2.39. The second-order valence-corrected chi connectivity index (χ2v) is 5.04. The molecule has 2 aliphatic rings. The molecular weight excluding hydrogens is 216 g/mol. The van der Waals surface area contributed by atoms with E-state index < -0.39 is 5.60 Å². The molecule has 0 aromatic carbocycles. The Labute approximate surface area is 99.7 Å². The SMILES string of the molecule is Cc1cc(C#N)nc(N2CC(O)(C3CC3)C2)n1. The van der Waals surface area contributed by atoms with Gasteiger partial charge in [0.25, 0.3) is 0 Å². The van der Waals surface area contributed by atoms with Gasteiger partial charge in [0.15, 0.2) is 0 Å². The van der Waals surface area contributed by atoms with E-state index in [-0.39, 0.29) is 0 Å². The van der Waals surface area contributed by atoms with E-state index in [1.54, 1.807) is 6.07 Å². The van der Waals surface area contributed by atoms with Gasteiger partial charge >= 0.3 is 0 Å². The number of nitriles is 1. The summed E-state index contributed by atoms with van der Waals surface area (Å²) < 4.78 is 0. The topological polar surface area (TPSA) is 73.0 Å². The molecule has 1 aliphatic heterocycles. The predicted octanol–water partition coefficient (Wildman–Crippen LogP) is 0.618. The zero-order valence-corrected chi connectivity index (χ0v) is 9.72. The van der Waals surface area contributed by atoms with Crippen molar-refractivity contribution in [3.8, 4) is 6.07 Å². The summed E-state index contributed by atoms with van der Waals surface area (Å²) >= 11 is 0. The second-order valence-electron chi connectivity index (χ2n) is 5.04. The third kappa shape index (κ3) is 1.75. The summed E-state index contributed by atoms with van der Waals surface area (Å²) in [7, 11) is 0. The van der Waals surface area contributed by atoms with Crippen molar-refractivity contribution in [2.24, 2.45) is 5.92 Å². The van der Waals surface area contributed by atoms with E-state index in [0.29, 0.717) is 30.6 Å². The van der Waals surface area contributed by atoms with Crippen LogP contribution in [0.5, 0.6) is 0 Å². The standard InChI is InChI=1S/C12H14N4O/c1-8-4-10(5-13)15-11(14-8)16-6-12(17,7-16)9-2-3-9/h4,9,17H,2-3,6-7H2,1H3. The molecule has 1 N–H and O–H groups in total. The van der Waals surface area contributed by atoms with Crippen molar-refractivity contribution in [3.05, 3.63) is 17.5 Å². The van der Waals surface area contributed by atoms with Gasteiger partial charge in [-0.25, -0.2) is 9.97 Å². The zero-order chi connectivity index (χ0) is 12.0. The van der Waals surface area contributed by atoms with Gasteiger partial charge in [0.2, 0.25) is 5.95 Å². The predicted molar refractivity (Wildman–Crippen MR) is 61.4 cm³/mol. The molecule has 0 atom stereocenters. The summed E-state index contributed by atoms with van der Waals surface area (Å²) in [5, 5.41) is 19.1. The van der Waals surface area contributed by atoms with Crippen LogP contribution in [0.3, 0.4) is 0 Å². The van der Waals surface area contributed by atoms with E-state index in [4.69, 9.17) is 5.26 Å². The molecule has 3 rings (SSSR count). The molecule has 88 valence electrons. The third-order valence-corrected chi connectivity index (χ3v) is 3.51. The Morgan fingerprint density at radius 3 is 2.76 bits per heavy atom. The number of anilines is 1. The number of aryl methyl sites for hydroxylation is 1. The fourth-order valence-corrected chi connectivity index (χ4v) is 2.39. The van der Waals surface area contributed by atoms with Crippen LogP contribution in [0.15, 0.2) is 6.07 Å². The summed E-state index contributed by atoms with van der Waals surface area (Å²) in [4.78, 5) is 10.4. The minimum absolute atomic E-state index is 0.384. The highest BCUT2D eigenvalue weighted by Gasteiger charge is 2.52. The molecule has 5 nitrogen and oxygen atoms in total. The van der Waals surface area contributed by atoms with E-state index in [2.05, 4.69) is 9.97 Å². The summed E-state index contributed by atoms with van der Waals surface area (Å²) in [6.07, 6.45) is 2.25. The van der Waals surface area contributed by atoms with Gasteiger partial charge in [-0.3, -0.25) is 0 Å². The summed E-state index contributed by atoms with van der Waals surface area (Å²) in [5.74, 6) is 1.02. The maximum atomic E-state index is 10.2. The Bertz CT molecular complexity index is 498. The lowest BCUT2D eigenvalue weighted by Gasteiger charge is -2.47. The molecule has 0 radical (unpaired) electrons. The largest absolute Gasteiger partial charge is 0.386 e. The molecule has 1 aromatic rings. The highest BCUT2D eigenvalue weighted by molar-refractivity contribution is 5.41. The number of β-amino-alcohol motifs (C(OH)–C–C–N with tert-alkyl or cyclic N) is 1. The van der Waals surface area contributed by atoms with Gasteiger partial charge in [0, 0.05) is 5.69 Å². The molecule has 2 fully saturated rings. The Kier molecular flexibility index (Phi) is 2.10. The maximum Gasteiger partial charge on any atom is 0.227 e. The van der Waals surface area contributed by atoms with Crippen LogP contribution in [0.4, 0.5) is 5.95 Å². The zero-order valence-electron chi connectivity index (χ0n) is 9.72. The van der Waals surface area contributed by atoms with Crippen LogP contribution in [0.1, 0.15) is 24.2 Å². The van der Waals surface area contributed by atoms with Gasteiger partial charge in [-0.05, 0) is 31.7 Å². The fraction of sp³-hybridized carbons (Fsp3) is 0.583. The Morgan fingerprint density at radius 1 is 1.47 bits per heavy atom. The minimum atomic E-state index is -0.542. The summed E-state index contributed by atoms with van der Waals surface area (Å²) in [5.41, 5.74) is 0.627. The van der Waals surface area contributed by atoms with Gasteiger partial charge in [-0.2, -0.15) is 5.26 Å². The number of nitrogens with zero attached hydrogens (tertiary/aromatic N) is 4. The minimum Gasteiger partial charge on any atom is -0.386 e. The molecule has 17 heavy (non-hydrogen) atoms. The van der Waals surface area contributed by atoms with Crippen molar-refractivity contribution in [2.45, 2.75) is 25.4 Å². The van der Waals surface area contributed by atoms with Crippen molar-refractivity contribution in [1.82, 2.24) is 9.97 Å². The van der Waals surface area contributed by atoms with Crippen LogP contribution in [0.2, 0.25) is 0 Å². The first-order chi connectivity index (χ1) is 8.10. The van der Waals surface area contributed by atoms with Gasteiger partial charge in [0.1, 0.15) is 17.4 Å². The molecular formula is C12H14N4O.